The highest BCUT2D eigenvalue weighted by atomic mass is 16.4. The van der Waals surface area contributed by atoms with Crippen molar-refractivity contribution in [3.63, 3.8) is 0 Å². The summed E-state index contributed by atoms with van der Waals surface area (Å²) >= 11 is 0. The third-order valence-corrected chi connectivity index (χ3v) is 6.14. The van der Waals surface area contributed by atoms with E-state index in [1.807, 2.05) is 44.1 Å². The number of para-hydroxylation sites is 1. The molecule has 2 aromatic heterocycles. The minimum atomic E-state index is -0.967. The number of hydrogen-bond acceptors (Lipinski definition) is 5. The summed E-state index contributed by atoms with van der Waals surface area (Å²) in [5.41, 5.74) is 3.22. The highest BCUT2D eigenvalue weighted by molar-refractivity contribution is 5.94. The van der Waals surface area contributed by atoms with Crippen molar-refractivity contribution in [3.05, 3.63) is 69.6 Å². The lowest BCUT2D eigenvalue weighted by Gasteiger charge is -2.30. The highest BCUT2D eigenvalue weighted by Crippen LogP contribution is 2.31. The van der Waals surface area contributed by atoms with E-state index in [2.05, 4.69) is 4.90 Å². The van der Waals surface area contributed by atoms with Gasteiger partial charge in [-0.05, 0) is 56.9 Å². The van der Waals surface area contributed by atoms with Gasteiger partial charge in [0.2, 0.25) is 0 Å². The molecule has 7 heteroatoms. The van der Waals surface area contributed by atoms with Crippen LogP contribution in [0.25, 0.3) is 5.65 Å². The molecule has 0 aliphatic carbocycles. The van der Waals surface area contributed by atoms with Gasteiger partial charge in [-0.1, -0.05) is 12.1 Å². The van der Waals surface area contributed by atoms with Gasteiger partial charge in [0.1, 0.15) is 11.5 Å². The topological polar surface area (TPSA) is 78.2 Å². The summed E-state index contributed by atoms with van der Waals surface area (Å²) < 4.78 is 1.60. The Morgan fingerprint density at radius 2 is 1.87 bits per heavy atom. The Labute approximate surface area is 181 Å². The van der Waals surface area contributed by atoms with E-state index < -0.39 is 5.97 Å². The number of hydrogen-bond donors (Lipinski definition) is 1. The number of piperidine rings is 1. The standard InChI is InChI=1S/C24H28N4O3/c1-16-13-19(17(2)26(3)20-10-6-5-9-18(20)24(30)31)23-25-21(14-22(29)28(23)15-16)27-11-7-4-8-12-27/h5-6,9-10,13-15,17H,4,7-8,11-12H2,1-3H3,(H,30,31). The first kappa shape index (κ1) is 20.9. The summed E-state index contributed by atoms with van der Waals surface area (Å²) in [4.78, 5) is 33.7. The second kappa shape index (κ2) is 8.41. The van der Waals surface area contributed by atoms with E-state index in [1.54, 1.807) is 28.7 Å². The molecule has 0 radical (unpaired) electrons. The molecule has 0 saturated carbocycles. The van der Waals surface area contributed by atoms with Crippen molar-refractivity contribution in [2.75, 3.05) is 29.9 Å². The van der Waals surface area contributed by atoms with Gasteiger partial charge in [-0.25, -0.2) is 9.78 Å². The summed E-state index contributed by atoms with van der Waals surface area (Å²) in [6.07, 6.45) is 5.23. The molecule has 7 nitrogen and oxygen atoms in total. The lowest BCUT2D eigenvalue weighted by Crippen LogP contribution is -2.32. The van der Waals surface area contributed by atoms with Crippen molar-refractivity contribution in [1.82, 2.24) is 9.38 Å². The normalized spacial score (nSPS) is 15.1. The van der Waals surface area contributed by atoms with Crippen molar-refractivity contribution in [3.8, 4) is 0 Å². The summed E-state index contributed by atoms with van der Waals surface area (Å²) in [5, 5.41) is 9.61. The van der Waals surface area contributed by atoms with Crippen LogP contribution in [-0.4, -0.2) is 40.6 Å². The SMILES string of the molecule is Cc1cc(C(C)N(C)c2ccccc2C(=O)O)c2nc(N3CCCCC3)cc(=O)n2c1. The van der Waals surface area contributed by atoms with Crippen LogP contribution in [0.1, 0.15) is 53.7 Å². The van der Waals surface area contributed by atoms with Gasteiger partial charge >= 0.3 is 5.97 Å². The predicted octanol–water partition coefficient (Wildman–Crippen LogP) is 3.89. The largest absolute Gasteiger partial charge is 0.478 e. The van der Waals surface area contributed by atoms with Crippen LogP contribution in [0.4, 0.5) is 11.5 Å². The Morgan fingerprint density at radius 1 is 1.16 bits per heavy atom. The maximum absolute atomic E-state index is 13.0. The Balaban J connectivity index is 1.83. The predicted molar refractivity (Wildman–Crippen MR) is 122 cm³/mol. The van der Waals surface area contributed by atoms with Crippen LogP contribution < -0.4 is 15.4 Å². The monoisotopic (exact) mass is 420 g/mol. The zero-order chi connectivity index (χ0) is 22.1. The first-order valence-corrected chi connectivity index (χ1v) is 10.7. The van der Waals surface area contributed by atoms with Crippen LogP contribution in [0.2, 0.25) is 0 Å². The van der Waals surface area contributed by atoms with E-state index in [1.165, 1.54) is 6.42 Å². The van der Waals surface area contributed by atoms with Crippen LogP contribution >= 0.6 is 0 Å². The molecule has 1 fully saturated rings. The minimum absolute atomic E-state index is 0.101. The maximum Gasteiger partial charge on any atom is 0.337 e. The van der Waals surface area contributed by atoms with Crippen LogP contribution in [0.3, 0.4) is 0 Å². The van der Waals surface area contributed by atoms with E-state index in [0.717, 1.165) is 42.9 Å². The first-order chi connectivity index (χ1) is 14.9. The molecule has 1 atom stereocenters. The molecule has 0 amide bonds. The number of anilines is 2. The van der Waals surface area contributed by atoms with Gasteiger partial charge in [0.15, 0.2) is 0 Å². The van der Waals surface area contributed by atoms with E-state index in [0.29, 0.717) is 11.3 Å². The molecule has 3 aromatic rings. The first-order valence-electron chi connectivity index (χ1n) is 10.7. The number of aromatic nitrogens is 2. The molecule has 31 heavy (non-hydrogen) atoms. The van der Waals surface area contributed by atoms with Crippen molar-refractivity contribution >= 4 is 23.1 Å². The van der Waals surface area contributed by atoms with Crippen molar-refractivity contribution in [2.45, 2.75) is 39.2 Å². The number of benzene rings is 1. The molecule has 0 bridgehead atoms. The molecule has 1 N–H and O–H groups in total. The minimum Gasteiger partial charge on any atom is -0.478 e. The van der Waals surface area contributed by atoms with Gasteiger partial charge in [-0.3, -0.25) is 9.20 Å². The summed E-state index contributed by atoms with van der Waals surface area (Å²) in [6.45, 7) is 5.77. The van der Waals surface area contributed by atoms with E-state index in [4.69, 9.17) is 4.98 Å². The Morgan fingerprint density at radius 3 is 2.58 bits per heavy atom. The number of pyridine rings is 1. The maximum atomic E-state index is 13.0. The van der Waals surface area contributed by atoms with Gasteiger partial charge in [0.05, 0.1) is 17.3 Å². The average Bonchev–Trinajstić information content (AvgIpc) is 2.78. The number of carboxylic acids is 1. The Kier molecular flexibility index (Phi) is 5.67. The molecule has 1 aliphatic heterocycles. The fourth-order valence-electron chi connectivity index (χ4n) is 4.33. The number of aromatic carboxylic acids is 1. The number of aryl methyl sites for hydroxylation is 1. The molecule has 1 unspecified atom stereocenters. The van der Waals surface area contributed by atoms with Crippen molar-refractivity contribution < 1.29 is 9.90 Å². The third-order valence-electron chi connectivity index (χ3n) is 6.14. The summed E-state index contributed by atoms with van der Waals surface area (Å²) in [7, 11) is 1.87. The van der Waals surface area contributed by atoms with Gasteiger partial charge in [-0.2, -0.15) is 0 Å². The van der Waals surface area contributed by atoms with E-state index in [-0.39, 0.29) is 17.2 Å². The Bertz CT molecular complexity index is 1180. The van der Waals surface area contributed by atoms with E-state index in [9.17, 15) is 14.7 Å². The van der Waals surface area contributed by atoms with Gasteiger partial charge in [0, 0.05) is 38.0 Å². The average molecular weight is 421 g/mol. The number of carboxylic acid groups (broad SMARTS) is 1. The lowest BCUT2D eigenvalue weighted by molar-refractivity contribution is 0.0697. The molecule has 4 rings (SSSR count). The highest BCUT2D eigenvalue weighted by Gasteiger charge is 2.22. The van der Waals surface area contributed by atoms with E-state index >= 15 is 0 Å². The molecular formula is C24H28N4O3. The zero-order valence-electron chi connectivity index (χ0n) is 18.2. The summed E-state index contributed by atoms with van der Waals surface area (Å²) in [5.74, 6) is -0.249. The van der Waals surface area contributed by atoms with Crippen molar-refractivity contribution in [1.29, 1.82) is 0 Å². The quantitative estimate of drug-likeness (QED) is 0.675. The van der Waals surface area contributed by atoms with Crippen LogP contribution in [0.15, 0.2) is 47.4 Å². The lowest BCUT2D eigenvalue weighted by atomic mass is 10.0. The number of fused-ring (bicyclic) bond motifs is 1. The molecule has 3 heterocycles. The molecule has 1 aliphatic rings. The smallest absolute Gasteiger partial charge is 0.337 e. The fourth-order valence-corrected chi connectivity index (χ4v) is 4.33. The summed E-state index contributed by atoms with van der Waals surface area (Å²) in [6, 6.07) is 10.4. The molecule has 162 valence electrons. The molecular weight excluding hydrogens is 392 g/mol. The molecule has 0 spiro atoms. The van der Waals surface area contributed by atoms with Crippen LogP contribution in [-0.2, 0) is 0 Å². The fraction of sp³-hybridized carbons (Fsp3) is 0.375. The van der Waals surface area contributed by atoms with Crippen molar-refractivity contribution in [2.24, 2.45) is 0 Å². The second-order valence-corrected chi connectivity index (χ2v) is 8.28. The third kappa shape index (κ3) is 4.00. The van der Waals surface area contributed by atoms with Crippen LogP contribution in [0, 0.1) is 6.92 Å². The van der Waals surface area contributed by atoms with Gasteiger partial charge < -0.3 is 14.9 Å². The number of rotatable bonds is 5. The molecule has 1 aromatic carbocycles. The van der Waals surface area contributed by atoms with Gasteiger partial charge in [-0.15, -0.1) is 0 Å². The number of nitrogens with zero attached hydrogens (tertiary/aromatic N) is 4. The number of carbonyl (C=O) groups is 1. The zero-order valence-corrected chi connectivity index (χ0v) is 18.2. The molecule has 1 saturated heterocycles. The Hall–Kier alpha value is -3.35. The second-order valence-electron chi connectivity index (χ2n) is 8.28. The van der Waals surface area contributed by atoms with Crippen LogP contribution in [0.5, 0.6) is 0 Å². The van der Waals surface area contributed by atoms with Gasteiger partial charge in [0.25, 0.3) is 5.56 Å².